The lowest BCUT2D eigenvalue weighted by Crippen LogP contribution is -2.49. The van der Waals surface area contributed by atoms with Crippen molar-refractivity contribution in [2.75, 3.05) is 58.3 Å². The van der Waals surface area contributed by atoms with Crippen molar-refractivity contribution in [2.45, 2.75) is 6.67 Å². The Kier molecular flexibility index (Phi) is 8.40. The van der Waals surface area contributed by atoms with Crippen LogP contribution in [0, 0.1) is 3.95 Å². The van der Waals surface area contributed by atoms with Crippen LogP contribution in [0.15, 0.2) is 24.3 Å². The molecule has 0 radical (unpaired) electrons. The first-order valence-electron chi connectivity index (χ1n) is 9.35. The number of halogens is 1. The van der Waals surface area contributed by atoms with Crippen LogP contribution in [0.5, 0.6) is 0 Å². The molecule has 0 saturated carbocycles. The zero-order valence-corrected chi connectivity index (χ0v) is 18.7. The fraction of sp³-hybridized carbons (Fsp3) is 0.500. The Hall–Kier alpha value is -1.56. The number of para-hydroxylation sites is 1. The van der Waals surface area contributed by atoms with Crippen molar-refractivity contribution < 1.29 is 9.53 Å². The third-order valence-corrected chi connectivity index (χ3v) is 6.07. The monoisotopic (exact) mass is 456 g/mol. The van der Waals surface area contributed by atoms with Gasteiger partial charge in [-0.1, -0.05) is 35.1 Å². The Balaban J connectivity index is 1.47. The Bertz CT molecular complexity index is 866. The molecule has 1 aromatic carbocycles. The van der Waals surface area contributed by atoms with Crippen LogP contribution >= 0.6 is 35.2 Å². The molecule has 1 saturated heterocycles. The molecular weight excluding hydrogens is 432 g/mol. The minimum atomic E-state index is 0.0347. The Morgan fingerprint density at radius 1 is 1.28 bits per heavy atom. The van der Waals surface area contributed by atoms with Crippen molar-refractivity contribution in [3.8, 4) is 0 Å². The summed E-state index contributed by atoms with van der Waals surface area (Å²) in [6, 6.07) is 7.54. The third-order valence-electron chi connectivity index (χ3n) is 4.52. The average molecular weight is 457 g/mol. The molecule has 3 rings (SSSR count). The third kappa shape index (κ3) is 6.73. The van der Waals surface area contributed by atoms with Gasteiger partial charge in [-0.3, -0.25) is 14.6 Å². The molecule has 11 heteroatoms. The van der Waals surface area contributed by atoms with Crippen LogP contribution < -0.4 is 10.6 Å². The molecule has 2 heterocycles. The summed E-state index contributed by atoms with van der Waals surface area (Å²) in [5.74, 6) is 0.0347. The van der Waals surface area contributed by atoms with E-state index >= 15 is 0 Å². The largest absolute Gasteiger partial charge is 0.383 e. The predicted octanol–water partition coefficient (Wildman–Crippen LogP) is 2.41. The van der Waals surface area contributed by atoms with E-state index in [1.807, 2.05) is 28.9 Å². The molecule has 1 fully saturated rings. The second-order valence-electron chi connectivity index (χ2n) is 6.66. The van der Waals surface area contributed by atoms with Gasteiger partial charge in [0.05, 0.1) is 30.5 Å². The van der Waals surface area contributed by atoms with Gasteiger partial charge >= 0.3 is 0 Å². The van der Waals surface area contributed by atoms with E-state index in [0.717, 1.165) is 37.0 Å². The SMILES string of the molecule is COCCNC(=O)CN1CCN(Cn2nc(Nc3ccccc3Cl)sc2=S)CC1. The Morgan fingerprint density at radius 3 is 2.72 bits per heavy atom. The van der Waals surface area contributed by atoms with Crippen molar-refractivity contribution in [2.24, 2.45) is 0 Å². The van der Waals surface area contributed by atoms with Gasteiger partial charge in [-0.15, -0.1) is 5.10 Å². The van der Waals surface area contributed by atoms with Crippen LogP contribution in [0.25, 0.3) is 0 Å². The summed E-state index contributed by atoms with van der Waals surface area (Å²) in [4.78, 5) is 16.4. The van der Waals surface area contributed by atoms with E-state index < -0.39 is 0 Å². The average Bonchev–Trinajstić information content (AvgIpc) is 3.04. The number of methoxy groups -OCH3 is 1. The topological polar surface area (TPSA) is 74.7 Å². The van der Waals surface area contributed by atoms with Crippen LogP contribution in [-0.4, -0.2) is 78.5 Å². The molecule has 1 aliphatic heterocycles. The van der Waals surface area contributed by atoms with Crippen molar-refractivity contribution in [1.82, 2.24) is 24.9 Å². The molecule has 1 amide bonds. The number of nitrogens with one attached hydrogen (secondary N) is 2. The van der Waals surface area contributed by atoms with Gasteiger partial charge in [0.15, 0.2) is 3.95 Å². The lowest BCUT2D eigenvalue weighted by Gasteiger charge is -2.33. The first-order chi connectivity index (χ1) is 14.0. The normalized spacial score (nSPS) is 15.4. The summed E-state index contributed by atoms with van der Waals surface area (Å²) >= 11 is 13.1. The van der Waals surface area contributed by atoms with Crippen molar-refractivity contribution in [3.63, 3.8) is 0 Å². The molecule has 2 N–H and O–H groups in total. The molecule has 158 valence electrons. The maximum absolute atomic E-state index is 11.9. The zero-order chi connectivity index (χ0) is 20.6. The number of carbonyl (C=O) groups is 1. The van der Waals surface area contributed by atoms with E-state index in [1.165, 1.54) is 11.3 Å². The van der Waals surface area contributed by atoms with E-state index in [0.29, 0.717) is 35.3 Å². The molecule has 2 aromatic rings. The molecule has 0 unspecified atom stereocenters. The van der Waals surface area contributed by atoms with Gasteiger partial charge in [-0.05, 0) is 24.4 Å². The number of benzene rings is 1. The van der Waals surface area contributed by atoms with Crippen molar-refractivity contribution in [1.29, 1.82) is 0 Å². The summed E-state index contributed by atoms with van der Waals surface area (Å²) in [7, 11) is 1.62. The maximum atomic E-state index is 11.9. The summed E-state index contributed by atoms with van der Waals surface area (Å²) < 4.78 is 7.47. The van der Waals surface area contributed by atoms with Gasteiger partial charge in [0.1, 0.15) is 0 Å². The van der Waals surface area contributed by atoms with Crippen LogP contribution in [0.1, 0.15) is 0 Å². The van der Waals surface area contributed by atoms with E-state index in [9.17, 15) is 4.79 Å². The highest BCUT2D eigenvalue weighted by Gasteiger charge is 2.19. The van der Waals surface area contributed by atoms with Gasteiger partial charge in [-0.2, -0.15) is 0 Å². The fourth-order valence-corrected chi connectivity index (χ4v) is 4.14. The molecular formula is C18H25ClN6O2S2. The van der Waals surface area contributed by atoms with E-state index in [1.54, 1.807) is 7.11 Å². The molecule has 8 nitrogen and oxygen atoms in total. The summed E-state index contributed by atoms with van der Waals surface area (Å²) in [5.41, 5.74) is 0.808. The number of piperazine rings is 1. The van der Waals surface area contributed by atoms with Gasteiger partial charge in [0.25, 0.3) is 0 Å². The minimum absolute atomic E-state index is 0.0347. The lowest BCUT2D eigenvalue weighted by molar-refractivity contribution is -0.122. The number of anilines is 2. The highest BCUT2D eigenvalue weighted by molar-refractivity contribution is 7.73. The number of rotatable bonds is 9. The number of hydrogen-bond donors (Lipinski definition) is 2. The summed E-state index contributed by atoms with van der Waals surface area (Å²) in [5, 5.41) is 12.0. The molecule has 0 aliphatic carbocycles. The zero-order valence-electron chi connectivity index (χ0n) is 16.3. The first kappa shape index (κ1) is 22.1. The Morgan fingerprint density at radius 2 is 2.00 bits per heavy atom. The van der Waals surface area contributed by atoms with Crippen molar-refractivity contribution >= 4 is 51.9 Å². The van der Waals surface area contributed by atoms with Gasteiger partial charge in [0, 0.05) is 39.8 Å². The number of amides is 1. The molecule has 0 bridgehead atoms. The molecule has 1 aliphatic rings. The number of ether oxygens (including phenoxy) is 1. The predicted molar refractivity (Wildman–Crippen MR) is 119 cm³/mol. The van der Waals surface area contributed by atoms with Gasteiger partial charge in [0.2, 0.25) is 11.0 Å². The quantitative estimate of drug-likeness (QED) is 0.443. The first-order valence-corrected chi connectivity index (χ1v) is 11.0. The summed E-state index contributed by atoms with van der Waals surface area (Å²) in [6.45, 7) is 5.51. The van der Waals surface area contributed by atoms with Crippen LogP contribution in [0.2, 0.25) is 5.02 Å². The molecule has 1 aromatic heterocycles. The van der Waals surface area contributed by atoms with Crippen LogP contribution in [0.4, 0.5) is 10.8 Å². The number of carbonyl (C=O) groups excluding carboxylic acids is 1. The maximum Gasteiger partial charge on any atom is 0.234 e. The highest BCUT2D eigenvalue weighted by atomic mass is 35.5. The standard InChI is InChI=1S/C18H25ClN6O2S2/c1-27-11-6-20-16(26)12-23-7-9-24(10-8-23)13-25-18(28)29-17(22-25)21-15-5-3-2-4-14(15)19/h2-5H,6-13H2,1H3,(H,20,26)(H,21,22). The van der Waals surface area contributed by atoms with Gasteiger partial charge in [-0.25, -0.2) is 4.68 Å². The smallest absolute Gasteiger partial charge is 0.234 e. The lowest BCUT2D eigenvalue weighted by atomic mass is 10.3. The summed E-state index contributed by atoms with van der Waals surface area (Å²) in [6.07, 6.45) is 0. The van der Waals surface area contributed by atoms with Crippen LogP contribution in [0.3, 0.4) is 0 Å². The second-order valence-corrected chi connectivity index (χ2v) is 8.69. The molecule has 0 atom stereocenters. The number of nitrogens with zero attached hydrogens (tertiary/aromatic N) is 4. The van der Waals surface area contributed by atoms with Gasteiger partial charge < -0.3 is 15.4 Å². The van der Waals surface area contributed by atoms with E-state index in [2.05, 4.69) is 25.5 Å². The minimum Gasteiger partial charge on any atom is -0.383 e. The highest BCUT2D eigenvalue weighted by Crippen LogP contribution is 2.26. The fourth-order valence-electron chi connectivity index (χ4n) is 2.95. The van der Waals surface area contributed by atoms with E-state index in [4.69, 9.17) is 28.6 Å². The molecule has 0 spiro atoms. The van der Waals surface area contributed by atoms with Crippen molar-refractivity contribution in [3.05, 3.63) is 33.2 Å². The molecule has 29 heavy (non-hydrogen) atoms. The second kappa shape index (κ2) is 11.0. The van der Waals surface area contributed by atoms with Crippen LogP contribution in [-0.2, 0) is 16.2 Å². The number of hydrogen-bond acceptors (Lipinski definition) is 8. The van der Waals surface area contributed by atoms with E-state index in [-0.39, 0.29) is 5.91 Å². The number of aromatic nitrogens is 2. The Labute approximate surface area is 184 Å².